The lowest BCUT2D eigenvalue weighted by atomic mass is 10.0. The fourth-order valence-electron chi connectivity index (χ4n) is 4.38. The van der Waals surface area contributed by atoms with Crippen molar-refractivity contribution in [1.29, 1.82) is 0 Å². The molecule has 0 bridgehead atoms. The monoisotopic (exact) mass is 501 g/mol. The summed E-state index contributed by atoms with van der Waals surface area (Å²) in [5, 5.41) is 2.50. The van der Waals surface area contributed by atoms with Gasteiger partial charge in [0.2, 0.25) is 0 Å². The number of benzene rings is 2. The van der Waals surface area contributed by atoms with Gasteiger partial charge in [-0.1, -0.05) is 50.1 Å². The zero-order valence-electron chi connectivity index (χ0n) is 23.5. The van der Waals surface area contributed by atoms with Crippen molar-refractivity contribution >= 4 is 34.6 Å². The number of pyridine rings is 1. The quantitative estimate of drug-likeness (QED) is 0.136. The van der Waals surface area contributed by atoms with E-state index in [1.807, 2.05) is 20.8 Å². The molecule has 0 saturated carbocycles. The van der Waals surface area contributed by atoms with Gasteiger partial charge in [0.05, 0.1) is 0 Å². The Morgan fingerprint density at radius 3 is 2.30 bits per heavy atom. The Bertz CT molecular complexity index is 1160. The third kappa shape index (κ3) is 10.0. The van der Waals surface area contributed by atoms with Crippen molar-refractivity contribution in [3.63, 3.8) is 0 Å². The fourth-order valence-corrected chi connectivity index (χ4v) is 4.38. The average molecular weight is 502 g/mol. The zero-order chi connectivity index (χ0) is 26.7. The number of aryl methyl sites for hydroxylation is 1. The molecule has 37 heavy (non-hydrogen) atoms. The Hall–Kier alpha value is -3.14. The third-order valence-corrected chi connectivity index (χ3v) is 6.49. The highest BCUT2D eigenvalue weighted by atomic mass is 16.6. The molecule has 0 aliphatic heterocycles. The van der Waals surface area contributed by atoms with Crippen molar-refractivity contribution in [2.24, 2.45) is 0 Å². The Balaban J connectivity index is 1.49. The van der Waals surface area contributed by atoms with E-state index in [2.05, 4.69) is 96.5 Å². The number of hydrogen-bond acceptors (Lipinski definition) is 3. The number of hydrogen-bond donors (Lipinski definition) is 0. The van der Waals surface area contributed by atoms with E-state index in [0.717, 1.165) is 32.4 Å². The molecule has 198 valence electrons. The minimum absolute atomic E-state index is 0.0979. The molecule has 0 aliphatic carbocycles. The van der Waals surface area contributed by atoms with E-state index in [9.17, 15) is 4.79 Å². The van der Waals surface area contributed by atoms with Gasteiger partial charge >= 0.3 is 5.97 Å². The first-order valence-electron chi connectivity index (χ1n) is 13.9. The molecule has 4 heteroatoms. The van der Waals surface area contributed by atoms with E-state index in [1.165, 1.54) is 46.8 Å². The number of unbranched alkanes of at least 4 members (excludes halogenated alkanes) is 4. The first-order valence-corrected chi connectivity index (χ1v) is 13.9. The largest absolute Gasteiger partial charge is 0.460 e. The van der Waals surface area contributed by atoms with Crippen molar-refractivity contribution in [1.82, 2.24) is 0 Å². The molecule has 0 radical (unpaired) electrons. The molecule has 1 aromatic heterocycles. The first kappa shape index (κ1) is 28.4. The van der Waals surface area contributed by atoms with Crippen LogP contribution < -0.4 is 9.47 Å². The molecule has 2 aromatic carbocycles. The van der Waals surface area contributed by atoms with Crippen LogP contribution in [0, 0.1) is 0 Å². The molecule has 0 saturated heterocycles. The fraction of sp³-hybridized carbons (Fsp3) is 0.455. The molecule has 0 fully saturated rings. The summed E-state index contributed by atoms with van der Waals surface area (Å²) in [4.78, 5) is 14.2. The Morgan fingerprint density at radius 2 is 1.57 bits per heavy atom. The van der Waals surface area contributed by atoms with Crippen LogP contribution in [0.25, 0.3) is 22.9 Å². The number of nitrogens with zero attached hydrogens (tertiary/aromatic N) is 2. The Labute approximate surface area is 224 Å². The number of carbonyl (C=O) groups is 1. The standard InChI is InChI=1S/C33H45N2O2/c1-6-7-10-22-35-23-19-27(20-24-35)13-14-28-15-16-30-26-31(18-17-29(30)25-28)34(5)21-11-8-9-12-32(36)37-33(2,3)4/h13-20,23-26H,6-12,21-22H2,1-5H3/q+1. The summed E-state index contributed by atoms with van der Waals surface area (Å²) in [7, 11) is 2.14. The number of rotatable bonds is 13. The van der Waals surface area contributed by atoms with Crippen molar-refractivity contribution in [3.8, 4) is 0 Å². The van der Waals surface area contributed by atoms with Gasteiger partial charge in [-0.05, 0) is 80.1 Å². The second-order valence-electron chi connectivity index (χ2n) is 11.0. The molecule has 0 spiro atoms. The number of fused-ring (bicyclic) bond motifs is 1. The highest BCUT2D eigenvalue weighted by Gasteiger charge is 2.15. The van der Waals surface area contributed by atoms with Gasteiger partial charge in [-0.15, -0.1) is 0 Å². The maximum Gasteiger partial charge on any atom is 0.306 e. The van der Waals surface area contributed by atoms with Crippen LogP contribution in [0.3, 0.4) is 0 Å². The summed E-state index contributed by atoms with van der Waals surface area (Å²) in [6.07, 6.45) is 15.9. The third-order valence-electron chi connectivity index (χ3n) is 6.49. The normalized spacial score (nSPS) is 11.8. The number of anilines is 1. The van der Waals surface area contributed by atoms with Crippen LogP contribution >= 0.6 is 0 Å². The van der Waals surface area contributed by atoms with E-state index in [-0.39, 0.29) is 5.97 Å². The SMILES string of the molecule is CCCCC[n+]1ccc(/C=C/c2ccc3cc(N(C)CCCCCC(=O)OC(C)(C)C)ccc3c2)cc1. The highest BCUT2D eigenvalue weighted by Crippen LogP contribution is 2.24. The van der Waals surface area contributed by atoms with Gasteiger partial charge in [0, 0.05) is 44.3 Å². The van der Waals surface area contributed by atoms with Crippen LogP contribution in [0.1, 0.15) is 83.8 Å². The number of esters is 1. The molecule has 0 aliphatic rings. The van der Waals surface area contributed by atoms with Gasteiger partial charge in [-0.25, -0.2) is 4.57 Å². The number of aromatic nitrogens is 1. The topological polar surface area (TPSA) is 33.4 Å². The Morgan fingerprint density at radius 1 is 0.865 bits per heavy atom. The van der Waals surface area contributed by atoms with Crippen LogP contribution in [0.2, 0.25) is 0 Å². The van der Waals surface area contributed by atoms with E-state index in [4.69, 9.17) is 4.74 Å². The summed E-state index contributed by atoms with van der Waals surface area (Å²) in [5.74, 6) is -0.0979. The maximum atomic E-state index is 11.9. The Kier molecular flexibility index (Phi) is 10.7. The van der Waals surface area contributed by atoms with Crippen molar-refractivity contribution in [3.05, 3.63) is 72.1 Å². The summed E-state index contributed by atoms with van der Waals surface area (Å²) < 4.78 is 7.65. The van der Waals surface area contributed by atoms with Crippen LogP contribution in [0.15, 0.2) is 60.9 Å². The molecule has 0 N–H and O–H groups in total. The summed E-state index contributed by atoms with van der Waals surface area (Å²) >= 11 is 0. The summed E-state index contributed by atoms with van der Waals surface area (Å²) in [6.45, 7) is 10.0. The van der Waals surface area contributed by atoms with Gasteiger partial charge < -0.3 is 9.64 Å². The number of carbonyl (C=O) groups excluding carboxylic acids is 1. The van der Waals surface area contributed by atoms with Gasteiger partial charge in [0.15, 0.2) is 12.4 Å². The zero-order valence-corrected chi connectivity index (χ0v) is 23.5. The van der Waals surface area contributed by atoms with E-state index >= 15 is 0 Å². The first-order chi connectivity index (χ1) is 17.7. The van der Waals surface area contributed by atoms with Crippen LogP contribution in [0.4, 0.5) is 5.69 Å². The molecule has 4 nitrogen and oxygen atoms in total. The lowest BCUT2D eigenvalue weighted by Crippen LogP contribution is -2.32. The second-order valence-corrected chi connectivity index (χ2v) is 11.0. The minimum Gasteiger partial charge on any atom is -0.460 e. The van der Waals surface area contributed by atoms with E-state index in [0.29, 0.717) is 6.42 Å². The number of ether oxygens (including phenoxy) is 1. The maximum absolute atomic E-state index is 11.9. The average Bonchev–Trinajstić information content (AvgIpc) is 2.86. The lowest BCUT2D eigenvalue weighted by Gasteiger charge is -2.20. The van der Waals surface area contributed by atoms with Gasteiger partial charge in [-0.3, -0.25) is 4.79 Å². The van der Waals surface area contributed by atoms with Crippen LogP contribution in [0.5, 0.6) is 0 Å². The predicted octanol–water partition coefficient (Wildman–Crippen LogP) is 7.83. The molecule has 1 heterocycles. The molecule has 3 aromatic rings. The minimum atomic E-state index is -0.399. The van der Waals surface area contributed by atoms with Gasteiger partial charge in [-0.2, -0.15) is 0 Å². The van der Waals surface area contributed by atoms with Gasteiger partial charge in [0.25, 0.3) is 0 Å². The van der Waals surface area contributed by atoms with E-state index < -0.39 is 5.60 Å². The summed E-state index contributed by atoms with van der Waals surface area (Å²) in [6, 6.07) is 17.7. The second kappa shape index (κ2) is 14.0. The highest BCUT2D eigenvalue weighted by molar-refractivity contribution is 5.88. The van der Waals surface area contributed by atoms with Crippen LogP contribution in [-0.2, 0) is 16.1 Å². The van der Waals surface area contributed by atoms with Crippen molar-refractivity contribution < 1.29 is 14.1 Å². The van der Waals surface area contributed by atoms with Crippen LogP contribution in [-0.4, -0.2) is 25.2 Å². The summed E-state index contributed by atoms with van der Waals surface area (Å²) in [5.41, 5.74) is 3.25. The van der Waals surface area contributed by atoms with E-state index in [1.54, 1.807) is 0 Å². The molecular weight excluding hydrogens is 456 g/mol. The molecule has 3 rings (SSSR count). The van der Waals surface area contributed by atoms with Crippen molar-refractivity contribution in [2.45, 2.75) is 84.8 Å². The molecule has 0 unspecified atom stereocenters. The molecule has 0 atom stereocenters. The molecular formula is C33H45N2O2+. The smallest absolute Gasteiger partial charge is 0.306 e. The lowest BCUT2D eigenvalue weighted by molar-refractivity contribution is -0.697. The van der Waals surface area contributed by atoms with Gasteiger partial charge in [0.1, 0.15) is 12.1 Å². The molecule has 0 amide bonds. The van der Waals surface area contributed by atoms with Crippen molar-refractivity contribution in [2.75, 3.05) is 18.5 Å². The predicted molar refractivity (Wildman–Crippen MR) is 157 cm³/mol.